The Labute approximate surface area is 97.8 Å². The lowest BCUT2D eigenvalue weighted by molar-refractivity contribution is 0.161. The minimum Gasteiger partial charge on any atom is -0.465 e. The van der Waals surface area contributed by atoms with Gasteiger partial charge in [0.15, 0.2) is 0 Å². The molecule has 84 valence electrons. The molecule has 6 heteroatoms. The Morgan fingerprint density at radius 2 is 2.38 bits per heavy atom. The second-order valence-electron chi connectivity index (χ2n) is 3.01. The number of pyridine rings is 1. The Kier molecular flexibility index (Phi) is 3.97. The zero-order chi connectivity index (χ0) is 12.1. The van der Waals surface area contributed by atoms with E-state index in [2.05, 4.69) is 16.8 Å². The Morgan fingerprint density at radius 3 is 3.00 bits per heavy atom. The van der Waals surface area contributed by atoms with Crippen LogP contribution in [0, 0.1) is 11.8 Å². The third-order valence-corrected chi connectivity index (χ3v) is 1.95. The van der Waals surface area contributed by atoms with E-state index in [4.69, 9.17) is 22.4 Å². The van der Waals surface area contributed by atoms with Gasteiger partial charge in [-0.1, -0.05) is 17.5 Å². The quantitative estimate of drug-likeness (QED) is 0.572. The topological polar surface area (TPSA) is 79.5 Å². The summed E-state index contributed by atoms with van der Waals surface area (Å²) in [5.41, 5.74) is 6.38. The molecule has 0 bridgehead atoms. The van der Waals surface area contributed by atoms with Crippen LogP contribution in [0.25, 0.3) is 0 Å². The molecule has 16 heavy (non-hydrogen) atoms. The van der Waals surface area contributed by atoms with Crippen molar-refractivity contribution < 1.29 is 9.90 Å². The van der Waals surface area contributed by atoms with Crippen LogP contribution in [0.5, 0.6) is 0 Å². The van der Waals surface area contributed by atoms with Gasteiger partial charge in [0.25, 0.3) is 0 Å². The molecule has 1 rings (SSSR count). The molecule has 0 saturated heterocycles. The van der Waals surface area contributed by atoms with Gasteiger partial charge in [-0.15, -0.1) is 0 Å². The summed E-state index contributed by atoms with van der Waals surface area (Å²) >= 11 is 5.67. The van der Waals surface area contributed by atoms with Crippen LogP contribution in [0.1, 0.15) is 5.69 Å². The summed E-state index contributed by atoms with van der Waals surface area (Å²) in [6.45, 7) is 0.0863. The Bertz CT molecular complexity index is 465. The summed E-state index contributed by atoms with van der Waals surface area (Å²) in [5, 5.41) is 8.87. The maximum absolute atomic E-state index is 10.5. The highest BCUT2D eigenvalue weighted by Gasteiger charge is 2.02. The van der Waals surface area contributed by atoms with Crippen molar-refractivity contribution in [1.29, 1.82) is 0 Å². The summed E-state index contributed by atoms with van der Waals surface area (Å²) < 4.78 is 0. The molecule has 5 nitrogen and oxygen atoms in total. The number of nitrogens with zero attached hydrogens (tertiary/aromatic N) is 2. The maximum Gasteiger partial charge on any atom is 0.407 e. The van der Waals surface area contributed by atoms with Gasteiger partial charge in [0.1, 0.15) is 10.8 Å². The lowest BCUT2D eigenvalue weighted by atomic mass is 10.3. The molecule has 1 heterocycles. The summed E-state index contributed by atoms with van der Waals surface area (Å²) in [4.78, 5) is 15.4. The fourth-order valence-electron chi connectivity index (χ4n) is 0.856. The van der Waals surface area contributed by atoms with Gasteiger partial charge in [0.05, 0.1) is 12.2 Å². The fraction of sp³-hybridized carbons (Fsp3) is 0.200. The minimum absolute atomic E-state index is 0.0863. The van der Waals surface area contributed by atoms with Gasteiger partial charge in [-0.2, -0.15) is 0 Å². The smallest absolute Gasteiger partial charge is 0.407 e. The number of nitrogen functional groups attached to an aromatic ring is 1. The van der Waals surface area contributed by atoms with Crippen molar-refractivity contribution in [2.45, 2.75) is 0 Å². The first-order valence-corrected chi connectivity index (χ1v) is 4.73. The lowest BCUT2D eigenvalue weighted by Crippen LogP contribution is -2.24. The van der Waals surface area contributed by atoms with Crippen LogP contribution in [0.3, 0.4) is 0 Å². The van der Waals surface area contributed by atoms with Gasteiger partial charge < -0.3 is 15.7 Å². The maximum atomic E-state index is 10.5. The summed E-state index contributed by atoms with van der Waals surface area (Å²) in [6, 6.07) is 3.16. The molecule has 3 N–H and O–H groups in total. The number of amides is 1. The summed E-state index contributed by atoms with van der Waals surface area (Å²) in [6.07, 6.45) is -1.04. The predicted octanol–water partition coefficient (Wildman–Crippen LogP) is 1.28. The molecule has 0 atom stereocenters. The van der Waals surface area contributed by atoms with Crippen molar-refractivity contribution in [2.24, 2.45) is 0 Å². The van der Waals surface area contributed by atoms with E-state index in [1.807, 2.05) is 0 Å². The van der Waals surface area contributed by atoms with E-state index in [9.17, 15) is 4.79 Å². The lowest BCUT2D eigenvalue weighted by Gasteiger charge is -2.06. The van der Waals surface area contributed by atoms with E-state index < -0.39 is 6.09 Å². The van der Waals surface area contributed by atoms with Crippen LogP contribution >= 0.6 is 11.6 Å². The van der Waals surface area contributed by atoms with E-state index in [-0.39, 0.29) is 6.54 Å². The van der Waals surface area contributed by atoms with Gasteiger partial charge in [-0.05, 0) is 18.1 Å². The standard InChI is InChI=1S/C10H10ClN3O2/c1-14(10(15)16)6-2-3-8-7(12)4-5-9(11)13-8/h4-5H,6,12H2,1H3,(H,15,16). The van der Waals surface area contributed by atoms with Gasteiger partial charge in [0.2, 0.25) is 0 Å². The van der Waals surface area contributed by atoms with Crippen molar-refractivity contribution in [3.05, 3.63) is 23.0 Å². The van der Waals surface area contributed by atoms with Gasteiger partial charge >= 0.3 is 6.09 Å². The number of halogens is 1. The van der Waals surface area contributed by atoms with E-state index in [1.165, 1.54) is 7.05 Å². The van der Waals surface area contributed by atoms with Crippen molar-refractivity contribution in [1.82, 2.24) is 9.88 Å². The highest BCUT2D eigenvalue weighted by atomic mass is 35.5. The van der Waals surface area contributed by atoms with Gasteiger partial charge in [0, 0.05) is 7.05 Å². The molecule has 1 amide bonds. The average Bonchev–Trinajstić information content (AvgIpc) is 2.22. The zero-order valence-corrected chi connectivity index (χ0v) is 9.32. The molecular weight excluding hydrogens is 230 g/mol. The van der Waals surface area contributed by atoms with Crippen molar-refractivity contribution in [2.75, 3.05) is 19.3 Å². The molecule has 1 aromatic rings. The first-order chi connectivity index (χ1) is 7.50. The zero-order valence-electron chi connectivity index (χ0n) is 8.57. The van der Waals surface area contributed by atoms with Gasteiger partial charge in [-0.3, -0.25) is 0 Å². The molecule has 0 aliphatic carbocycles. The van der Waals surface area contributed by atoms with Crippen molar-refractivity contribution in [3.8, 4) is 11.8 Å². The number of nitrogens with two attached hydrogens (primary N) is 1. The van der Waals surface area contributed by atoms with Crippen molar-refractivity contribution >= 4 is 23.4 Å². The second kappa shape index (κ2) is 5.24. The molecule has 0 aliphatic rings. The predicted molar refractivity (Wildman–Crippen MR) is 61.2 cm³/mol. The molecule has 0 spiro atoms. The number of carbonyl (C=O) groups is 1. The molecule has 0 fully saturated rings. The first kappa shape index (κ1) is 12.1. The Hall–Kier alpha value is -1.93. The number of hydrogen-bond acceptors (Lipinski definition) is 3. The SMILES string of the molecule is CN(CC#Cc1nc(Cl)ccc1N)C(=O)O. The minimum atomic E-state index is -1.04. The van der Waals surface area contributed by atoms with Crippen LogP contribution in [0.4, 0.5) is 10.5 Å². The molecule has 0 aromatic carbocycles. The van der Waals surface area contributed by atoms with Crippen molar-refractivity contribution in [3.63, 3.8) is 0 Å². The molecule has 0 saturated carbocycles. The molecule has 0 radical (unpaired) electrons. The number of hydrogen-bond donors (Lipinski definition) is 2. The largest absolute Gasteiger partial charge is 0.465 e. The van der Waals surface area contributed by atoms with Crippen LogP contribution in [0.15, 0.2) is 12.1 Å². The second-order valence-corrected chi connectivity index (χ2v) is 3.40. The third kappa shape index (κ3) is 3.33. The molecule has 1 aromatic heterocycles. The Morgan fingerprint density at radius 1 is 1.69 bits per heavy atom. The highest BCUT2D eigenvalue weighted by Crippen LogP contribution is 2.11. The van der Waals surface area contributed by atoms with Gasteiger partial charge in [-0.25, -0.2) is 9.78 Å². The fourth-order valence-corrected chi connectivity index (χ4v) is 1.00. The number of rotatable bonds is 1. The number of carboxylic acid groups (broad SMARTS) is 1. The van der Waals surface area contributed by atoms with Crippen LogP contribution in [0.2, 0.25) is 5.15 Å². The third-order valence-electron chi connectivity index (χ3n) is 1.74. The number of aromatic nitrogens is 1. The molecule has 0 aliphatic heterocycles. The Balaban J connectivity index is 2.77. The summed E-state index contributed by atoms with van der Waals surface area (Å²) in [7, 11) is 1.42. The average molecular weight is 240 g/mol. The highest BCUT2D eigenvalue weighted by molar-refractivity contribution is 6.29. The normalized spacial score (nSPS) is 9.12. The van der Waals surface area contributed by atoms with Crippen LogP contribution in [-0.4, -0.2) is 34.7 Å². The number of anilines is 1. The van der Waals surface area contributed by atoms with E-state index >= 15 is 0 Å². The van der Waals surface area contributed by atoms with Crippen LogP contribution < -0.4 is 5.73 Å². The van der Waals surface area contributed by atoms with E-state index in [0.29, 0.717) is 16.5 Å². The van der Waals surface area contributed by atoms with Crippen LogP contribution in [-0.2, 0) is 0 Å². The molecular formula is C10H10ClN3O2. The van der Waals surface area contributed by atoms with E-state index in [0.717, 1.165) is 4.90 Å². The first-order valence-electron chi connectivity index (χ1n) is 4.35. The van der Waals surface area contributed by atoms with E-state index in [1.54, 1.807) is 12.1 Å². The monoisotopic (exact) mass is 239 g/mol. The molecule has 0 unspecified atom stereocenters. The summed E-state index contributed by atoms with van der Waals surface area (Å²) in [5.74, 6) is 5.31.